The largest absolute Gasteiger partial charge is 0.481 e. The zero-order valence-electron chi connectivity index (χ0n) is 9.71. The molecule has 1 fully saturated rings. The molecular weight excluding hydrogens is 358 g/mol. The SMILES string of the molecule is O=C(O)C1CCN(S(=O)(=O)c2c(Cl)cccc2Br)C1. The van der Waals surface area contributed by atoms with Gasteiger partial charge in [-0.3, -0.25) is 4.79 Å². The summed E-state index contributed by atoms with van der Waals surface area (Å²) in [6.45, 7) is 0.173. The quantitative estimate of drug-likeness (QED) is 0.887. The highest BCUT2D eigenvalue weighted by molar-refractivity contribution is 9.10. The Bertz CT molecular complexity index is 599. The number of hydrogen-bond donors (Lipinski definition) is 1. The lowest BCUT2D eigenvalue weighted by Gasteiger charge is -2.17. The Hall–Kier alpha value is -0.630. The molecule has 0 aromatic heterocycles. The van der Waals surface area contributed by atoms with Crippen molar-refractivity contribution in [3.8, 4) is 0 Å². The van der Waals surface area contributed by atoms with Crippen molar-refractivity contribution in [3.63, 3.8) is 0 Å². The molecule has 5 nitrogen and oxygen atoms in total. The highest BCUT2D eigenvalue weighted by Gasteiger charge is 2.37. The summed E-state index contributed by atoms with van der Waals surface area (Å²) in [5.41, 5.74) is 0. The van der Waals surface area contributed by atoms with Gasteiger partial charge in [0.15, 0.2) is 0 Å². The van der Waals surface area contributed by atoms with E-state index in [4.69, 9.17) is 16.7 Å². The maximum absolute atomic E-state index is 12.5. The molecule has 0 radical (unpaired) electrons. The summed E-state index contributed by atoms with van der Waals surface area (Å²) in [7, 11) is -3.78. The van der Waals surface area contributed by atoms with E-state index in [0.29, 0.717) is 10.9 Å². The summed E-state index contributed by atoms with van der Waals surface area (Å²) in [4.78, 5) is 10.9. The summed E-state index contributed by atoms with van der Waals surface area (Å²) in [6, 6.07) is 4.71. The van der Waals surface area contributed by atoms with Crippen LogP contribution in [0.25, 0.3) is 0 Å². The van der Waals surface area contributed by atoms with Crippen LogP contribution in [0, 0.1) is 5.92 Å². The molecule has 1 aromatic rings. The third kappa shape index (κ3) is 2.79. The first-order chi connectivity index (χ1) is 8.84. The van der Waals surface area contributed by atoms with Crippen LogP contribution in [0.1, 0.15) is 6.42 Å². The number of carboxylic acid groups (broad SMARTS) is 1. The minimum atomic E-state index is -3.78. The molecule has 1 saturated heterocycles. The molecule has 104 valence electrons. The minimum Gasteiger partial charge on any atom is -0.481 e. The van der Waals surface area contributed by atoms with E-state index < -0.39 is 21.9 Å². The van der Waals surface area contributed by atoms with Gasteiger partial charge in [-0.2, -0.15) is 4.31 Å². The third-order valence-corrected chi connectivity index (χ3v) is 6.33. The van der Waals surface area contributed by atoms with E-state index in [9.17, 15) is 13.2 Å². The second-order valence-corrected chi connectivity index (χ2v) is 7.37. The molecule has 1 aliphatic rings. The van der Waals surface area contributed by atoms with E-state index >= 15 is 0 Å². The van der Waals surface area contributed by atoms with Crippen LogP contribution in [0.2, 0.25) is 5.02 Å². The van der Waals surface area contributed by atoms with Gasteiger partial charge in [0.2, 0.25) is 10.0 Å². The van der Waals surface area contributed by atoms with Crippen LogP contribution in [-0.2, 0) is 14.8 Å². The number of sulfonamides is 1. The van der Waals surface area contributed by atoms with Crippen LogP contribution in [0.15, 0.2) is 27.6 Å². The maximum Gasteiger partial charge on any atom is 0.307 e. The molecule has 1 aliphatic heterocycles. The fourth-order valence-corrected chi connectivity index (χ4v) is 5.18. The summed E-state index contributed by atoms with van der Waals surface area (Å²) in [6.07, 6.45) is 0.316. The Morgan fingerprint density at radius 3 is 2.68 bits per heavy atom. The zero-order chi connectivity index (χ0) is 14.2. The molecule has 19 heavy (non-hydrogen) atoms. The Morgan fingerprint density at radius 1 is 1.47 bits per heavy atom. The van der Waals surface area contributed by atoms with Gasteiger partial charge in [0, 0.05) is 17.6 Å². The number of benzene rings is 1. The molecule has 0 bridgehead atoms. The smallest absolute Gasteiger partial charge is 0.307 e. The molecule has 1 atom stereocenters. The lowest BCUT2D eigenvalue weighted by Crippen LogP contribution is -2.30. The summed E-state index contributed by atoms with van der Waals surface area (Å²) in [5.74, 6) is -1.63. The average Bonchev–Trinajstić information content (AvgIpc) is 2.78. The van der Waals surface area contributed by atoms with Gasteiger partial charge >= 0.3 is 5.97 Å². The number of aliphatic carboxylic acids is 1. The number of carboxylic acids is 1. The number of halogens is 2. The van der Waals surface area contributed by atoms with Gasteiger partial charge < -0.3 is 5.11 Å². The fourth-order valence-electron chi connectivity index (χ4n) is 2.01. The number of hydrogen-bond acceptors (Lipinski definition) is 3. The maximum atomic E-state index is 12.5. The van der Waals surface area contributed by atoms with E-state index in [1.165, 1.54) is 6.07 Å². The predicted molar refractivity (Wildman–Crippen MR) is 73.7 cm³/mol. The second kappa shape index (κ2) is 5.40. The number of rotatable bonds is 3. The minimum absolute atomic E-state index is 0.0114. The first-order valence-electron chi connectivity index (χ1n) is 5.51. The van der Waals surface area contributed by atoms with Crippen LogP contribution in [0.3, 0.4) is 0 Å². The van der Waals surface area contributed by atoms with Crippen molar-refractivity contribution in [2.24, 2.45) is 5.92 Å². The van der Waals surface area contributed by atoms with E-state index in [1.807, 2.05) is 0 Å². The van der Waals surface area contributed by atoms with Crippen molar-refractivity contribution < 1.29 is 18.3 Å². The lowest BCUT2D eigenvalue weighted by molar-refractivity contribution is -0.141. The average molecular weight is 369 g/mol. The standard InChI is InChI=1S/C11H11BrClNO4S/c12-8-2-1-3-9(13)10(8)19(17,18)14-5-4-7(6-14)11(15)16/h1-3,7H,4-6H2,(H,15,16). The fraction of sp³-hybridized carbons (Fsp3) is 0.364. The lowest BCUT2D eigenvalue weighted by atomic mass is 10.1. The van der Waals surface area contributed by atoms with Crippen molar-refractivity contribution in [2.75, 3.05) is 13.1 Å². The number of carbonyl (C=O) groups is 1. The topological polar surface area (TPSA) is 74.7 Å². The van der Waals surface area contributed by atoms with Gasteiger partial charge in [-0.05, 0) is 34.5 Å². The third-order valence-electron chi connectivity index (χ3n) is 3.02. The van der Waals surface area contributed by atoms with Gasteiger partial charge in [0.1, 0.15) is 4.90 Å². The Morgan fingerprint density at radius 2 is 2.16 bits per heavy atom. The molecule has 0 saturated carbocycles. The van der Waals surface area contributed by atoms with Crippen LogP contribution in [-0.4, -0.2) is 36.9 Å². The van der Waals surface area contributed by atoms with Crippen molar-refractivity contribution >= 4 is 43.5 Å². The molecule has 0 amide bonds. The first-order valence-corrected chi connectivity index (χ1v) is 8.12. The van der Waals surface area contributed by atoms with E-state index in [1.54, 1.807) is 12.1 Å². The monoisotopic (exact) mass is 367 g/mol. The summed E-state index contributed by atoms with van der Waals surface area (Å²) in [5, 5.41) is 9.04. The van der Waals surface area contributed by atoms with Gasteiger partial charge in [0.05, 0.1) is 10.9 Å². The van der Waals surface area contributed by atoms with E-state index in [0.717, 1.165) is 4.31 Å². The molecule has 0 aliphatic carbocycles. The van der Waals surface area contributed by atoms with E-state index in [-0.39, 0.29) is 23.0 Å². The molecular formula is C11H11BrClNO4S. The molecule has 1 N–H and O–H groups in total. The van der Waals surface area contributed by atoms with Gasteiger partial charge in [-0.25, -0.2) is 8.42 Å². The van der Waals surface area contributed by atoms with Crippen LogP contribution in [0.4, 0.5) is 0 Å². The second-order valence-electron chi connectivity index (χ2n) is 4.24. The van der Waals surface area contributed by atoms with Crippen molar-refractivity contribution in [2.45, 2.75) is 11.3 Å². The predicted octanol–water partition coefficient (Wildman–Crippen LogP) is 2.20. The zero-order valence-corrected chi connectivity index (χ0v) is 12.9. The summed E-state index contributed by atoms with van der Waals surface area (Å²) >= 11 is 9.11. The van der Waals surface area contributed by atoms with Crippen LogP contribution in [0.5, 0.6) is 0 Å². The van der Waals surface area contributed by atoms with Crippen molar-refractivity contribution in [3.05, 3.63) is 27.7 Å². The van der Waals surface area contributed by atoms with Crippen LogP contribution >= 0.6 is 27.5 Å². The highest BCUT2D eigenvalue weighted by atomic mass is 79.9. The Balaban J connectivity index is 2.37. The first kappa shape index (κ1) is 14.8. The molecule has 8 heteroatoms. The Labute approximate surface area is 124 Å². The van der Waals surface area contributed by atoms with Gasteiger partial charge in [-0.15, -0.1) is 0 Å². The summed E-state index contributed by atoms with van der Waals surface area (Å²) < 4.78 is 26.5. The van der Waals surface area contributed by atoms with Gasteiger partial charge in [-0.1, -0.05) is 17.7 Å². The van der Waals surface area contributed by atoms with Crippen LogP contribution < -0.4 is 0 Å². The molecule has 0 spiro atoms. The number of nitrogens with zero attached hydrogens (tertiary/aromatic N) is 1. The molecule has 2 rings (SSSR count). The molecule has 1 unspecified atom stereocenters. The molecule has 1 heterocycles. The van der Waals surface area contributed by atoms with Gasteiger partial charge in [0.25, 0.3) is 0 Å². The molecule has 1 aromatic carbocycles. The Kier molecular flexibility index (Phi) is 4.20. The van der Waals surface area contributed by atoms with Crippen molar-refractivity contribution in [1.82, 2.24) is 4.31 Å². The highest BCUT2D eigenvalue weighted by Crippen LogP contribution is 2.33. The normalized spacial score (nSPS) is 20.6. The van der Waals surface area contributed by atoms with E-state index in [2.05, 4.69) is 15.9 Å². The van der Waals surface area contributed by atoms with Crippen molar-refractivity contribution in [1.29, 1.82) is 0 Å².